The maximum absolute atomic E-state index is 2.31. The second-order valence-corrected chi connectivity index (χ2v) is 6.51. The van der Waals surface area contributed by atoms with Crippen molar-refractivity contribution in [2.24, 2.45) is 0 Å². The van der Waals surface area contributed by atoms with E-state index in [2.05, 4.69) is 91.9 Å². The molecule has 131 valence electrons. The Bertz CT molecular complexity index is 1190. The van der Waals surface area contributed by atoms with Crippen LogP contribution in [0.15, 0.2) is 84.9 Å². The third-order valence-electron chi connectivity index (χ3n) is 5.05. The summed E-state index contributed by atoms with van der Waals surface area (Å²) in [6, 6.07) is 30.9. The zero-order valence-corrected chi connectivity index (χ0v) is 18.8. The summed E-state index contributed by atoms with van der Waals surface area (Å²) in [6.07, 6.45) is 0. The largest absolute Gasteiger partial charge is 3.00 e. The maximum atomic E-state index is 2.31. The van der Waals surface area contributed by atoms with E-state index in [1.165, 1.54) is 49.0 Å². The first-order chi connectivity index (χ1) is 11.8. The average Bonchev–Trinajstić information content (AvgIpc) is 3.06. The number of halogens is 2. The Kier molecular flexibility index (Phi) is 6.98. The van der Waals surface area contributed by atoms with Gasteiger partial charge in [0.05, 0.1) is 0 Å². The number of hydrogen-bond donors (Lipinski definition) is 0. The molecule has 0 saturated carbocycles. The van der Waals surface area contributed by atoms with E-state index in [4.69, 9.17) is 0 Å². The third-order valence-corrected chi connectivity index (χ3v) is 5.05. The van der Waals surface area contributed by atoms with Crippen LogP contribution in [0.3, 0.4) is 0 Å². The van der Waals surface area contributed by atoms with Crippen molar-refractivity contribution in [1.82, 2.24) is 0 Å². The first-order valence-corrected chi connectivity index (χ1v) is 8.38. The first-order valence-electron chi connectivity index (χ1n) is 8.38. The monoisotopic (exact) mass is 465 g/mol. The summed E-state index contributed by atoms with van der Waals surface area (Å²) in [5.41, 5.74) is 3.96. The van der Waals surface area contributed by atoms with Crippen molar-refractivity contribution in [3.05, 3.63) is 90.5 Å². The van der Waals surface area contributed by atoms with Gasteiger partial charge < -0.3 is 24.8 Å². The van der Waals surface area contributed by atoms with Crippen molar-refractivity contribution in [3.63, 3.8) is 0 Å². The van der Waals surface area contributed by atoms with Gasteiger partial charge >= 0.3 is 26.2 Å². The van der Waals surface area contributed by atoms with Crippen LogP contribution in [0.2, 0.25) is 0 Å². The topological polar surface area (TPSA) is 0 Å². The molecule has 0 bridgehead atoms. The SMILES string of the molecule is Cc1ccc(-c2cc3ccccc3[cH-]2)c2c1ccc1ccccc12.[Cl-].[Cl-].[Zr+3]. The fourth-order valence-corrected chi connectivity index (χ4v) is 3.82. The van der Waals surface area contributed by atoms with E-state index in [1.54, 1.807) is 0 Å². The molecule has 0 amide bonds. The standard InChI is InChI=1S/C24H17.2ClH.Zr/c1-16-10-12-23(20-14-18-7-2-3-8-19(18)15-20)24-21(16)13-11-17-6-4-5-9-22(17)24;;;/h2-15H,1H3;2*1H;/q-1;;;+3/p-2. The van der Waals surface area contributed by atoms with Crippen LogP contribution in [0.5, 0.6) is 0 Å². The molecule has 0 unspecified atom stereocenters. The molecule has 0 heterocycles. The third kappa shape index (κ3) is 3.61. The van der Waals surface area contributed by atoms with Gasteiger partial charge in [0.15, 0.2) is 0 Å². The van der Waals surface area contributed by atoms with Crippen LogP contribution in [0.25, 0.3) is 43.4 Å². The predicted octanol–water partition coefficient (Wildman–Crippen LogP) is 0.846. The van der Waals surface area contributed by atoms with Gasteiger partial charge in [0.25, 0.3) is 0 Å². The molecular formula is C24H17Cl2Zr. The van der Waals surface area contributed by atoms with Gasteiger partial charge in [-0.25, -0.2) is 0 Å². The van der Waals surface area contributed by atoms with Crippen molar-refractivity contribution in [2.75, 3.05) is 0 Å². The van der Waals surface area contributed by atoms with E-state index in [0.717, 1.165) is 0 Å². The molecule has 3 heteroatoms. The van der Waals surface area contributed by atoms with Gasteiger partial charge in [-0.15, -0.1) is 34.5 Å². The zero-order chi connectivity index (χ0) is 16.1. The fraction of sp³-hybridized carbons (Fsp3) is 0.0417. The van der Waals surface area contributed by atoms with Crippen molar-refractivity contribution in [3.8, 4) is 11.1 Å². The van der Waals surface area contributed by atoms with Crippen LogP contribution < -0.4 is 24.8 Å². The van der Waals surface area contributed by atoms with Crippen LogP contribution in [0.4, 0.5) is 0 Å². The quantitative estimate of drug-likeness (QED) is 0.253. The first kappa shape index (κ1) is 21.8. The van der Waals surface area contributed by atoms with Crippen molar-refractivity contribution in [1.29, 1.82) is 0 Å². The summed E-state index contributed by atoms with van der Waals surface area (Å²) < 4.78 is 0. The van der Waals surface area contributed by atoms with Crippen LogP contribution in [-0.4, -0.2) is 0 Å². The normalized spacial score (nSPS) is 10.3. The Morgan fingerprint density at radius 2 is 1.37 bits per heavy atom. The molecule has 0 spiro atoms. The summed E-state index contributed by atoms with van der Waals surface area (Å²) >= 11 is 0. The van der Waals surface area contributed by atoms with E-state index in [1.807, 2.05) is 0 Å². The molecule has 0 atom stereocenters. The number of fused-ring (bicyclic) bond motifs is 4. The molecule has 1 radical (unpaired) electrons. The molecule has 5 rings (SSSR count). The molecule has 0 N–H and O–H groups in total. The van der Waals surface area contributed by atoms with Crippen LogP contribution >= 0.6 is 0 Å². The molecular weight excluding hydrogens is 450 g/mol. The molecule has 0 aromatic heterocycles. The minimum Gasteiger partial charge on any atom is -1.00 e. The Morgan fingerprint density at radius 3 is 2.15 bits per heavy atom. The second kappa shape index (κ2) is 8.65. The number of hydrogen-bond acceptors (Lipinski definition) is 0. The van der Waals surface area contributed by atoms with Gasteiger partial charge in [0, 0.05) is 0 Å². The molecule has 5 aromatic rings. The van der Waals surface area contributed by atoms with E-state index >= 15 is 0 Å². The molecule has 0 fully saturated rings. The number of aryl methyl sites for hydroxylation is 1. The van der Waals surface area contributed by atoms with Crippen LogP contribution in [0, 0.1) is 6.92 Å². The molecule has 0 saturated heterocycles. The maximum Gasteiger partial charge on any atom is 3.00 e. The molecule has 0 aliphatic carbocycles. The van der Waals surface area contributed by atoms with E-state index in [9.17, 15) is 0 Å². The number of benzene rings is 4. The fourth-order valence-electron chi connectivity index (χ4n) is 3.82. The number of rotatable bonds is 1. The minimum absolute atomic E-state index is 0. The van der Waals surface area contributed by atoms with Gasteiger partial charge in [0.1, 0.15) is 0 Å². The van der Waals surface area contributed by atoms with E-state index in [-0.39, 0.29) is 51.0 Å². The van der Waals surface area contributed by atoms with Crippen LogP contribution in [0.1, 0.15) is 5.56 Å². The van der Waals surface area contributed by atoms with E-state index in [0.29, 0.717) is 0 Å². The Balaban J connectivity index is 0.000000871. The summed E-state index contributed by atoms with van der Waals surface area (Å²) in [4.78, 5) is 0. The zero-order valence-electron chi connectivity index (χ0n) is 14.8. The van der Waals surface area contributed by atoms with Gasteiger partial charge in [-0.3, -0.25) is 0 Å². The van der Waals surface area contributed by atoms with Crippen molar-refractivity contribution in [2.45, 2.75) is 6.92 Å². The van der Waals surface area contributed by atoms with Crippen LogP contribution in [-0.2, 0) is 26.2 Å². The van der Waals surface area contributed by atoms with Crippen molar-refractivity contribution >= 4 is 32.3 Å². The Labute approximate surface area is 190 Å². The predicted molar refractivity (Wildman–Crippen MR) is 105 cm³/mol. The smallest absolute Gasteiger partial charge is 1.00 e. The van der Waals surface area contributed by atoms with Crippen molar-refractivity contribution < 1.29 is 51.0 Å². The molecule has 0 nitrogen and oxygen atoms in total. The van der Waals surface area contributed by atoms with E-state index < -0.39 is 0 Å². The summed E-state index contributed by atoms with van der Waals surface area (Å²) in [5.74, 6) is 0. The molecule has 0 aliphatic heterocycles. The Morgan fingerprint density at radius 1 is 0.667 bits per heavy atom. The molecule has 5 aromatic carbocycles. The Hall–Kier alpha value is -1.53. The van der Waals surface area contributed by atoms with Gasteiger partial charge in [-0.1, -0.05) is 72.3 Å². The summed E-state index contributed by atoms with van der Waals surface area (Å²) in [7, 11) is 0. The molecule has 0 aliphatic rings. The minimum atomic E-state index is 0. The van der Waals surface area contributed by atoms with Gasteiger partial charge in [-0.05, 0) is 34.0 Å². The van der Waals surface area contributed by atoms with Gasteiger partial charge in [0.2, 0.25) is 0 Å². The second-order valence-electron chi connectivity index (χ2n) is 6.51. The van der Waals surface area contributed by atoms with Gasteiger partial charge in [-0.2, -0.15) is 0 Å². The average molecular weight is 468 g/mol. The molecule has 27 heavy (non-hydrogen) atoms. The summed E-state index contributed by atoms with van der Waals surface area (Å²) in [6.45, 7) is 2.20. The summed E-state index contributed by atoms with van der Waals surface area (Å²) in [5, 5.41) is 7.95.